The molecule has 0 unspecified atom stereocenters. The van der Waals surface area contributed by atoms with Gasteiger partial charge in [0.15, 0.2) is 0 Å². The molecule has 0 aliphatic carbocycles. The predicted molar refractivity (Wildman–Crippen MR) is 65.5 cm³/mol. The van der Waals surface area contributed by atoms with Gasteiger partial charge in [0.05, 0.1) is 6.61 Å². The van der Waals surface area contributed by atoms with Crippen molar-refractivity contribution in [1.82, 2.24) is 4.90 Å². The molecule has 0 aromatic rings. The summed E-state index contributed by atoms with van der Waals surface area (Å²) in [6.07, 6.45) is 2.38. The molecule has 0 aromatic carbocycles. The molecule has 0 radical (unpaired) electrons. The number of nitrogens with zero attached hydrogens (tertiary/aromatic N) is 1. The topological polar surface area (TPSA) is 29.5 Å². The lowest BCUT2D eigenvalue weighted by Gasteiger charge is -2.32. The van der Waals surface area contributed by atoms with Gasteiger partial charge in [0.2, 0.25) is 0 Å². The Balaban J connectivity index is 2.93. The second-order valence-electron chi connectivity index (χ2n) is 4.68. The first-order chi connectivity index (χ1) is 8.06. The number of carbonyl (C=O) groups is 1. The summed E-state index contributed by atoms with van der Waals surface area (Å²) in [5.74, 6) is -0.278. The van der Waals surface area contributed by atoms with Crippen LogP contribution in [0.2, 0.25) is 0 Å². The largest absolute Gasteiger partial charge is 0.465 e. The highest BCUT2D eigenvalue weighted by Gasteiger charge is 2.45. The first-order valence-electron chi connectivity index (χ1n) is 6.19. The summed E-state index contributed by atoms with van der Waals surface area (Å²) in [6.45, 7) is 9.39. The van der Waals surface area contributed by atoms with Crippen LogP contribution in [-0.2, 0) is 9.53 Å². The quantitative estimate of drug-likeness (QED) is 0.547. The summed E-state index contributed by atoms with van der Waals surface area (Å²) in [7, 11) is 0. The highest BCUT2D eigenvalue weighted by atomic mass is 19.1. The van der Waals surface area contributed by atoms with Crippen molar-refractivity contribution in [2.75, 3.05) is 13.3 Å². The molecule has 1 aliphatic heterocycles. The maximum Gasteiger partial charge on any atom is 0.323 e. The molecule has 1 aliphatic rings. The third-order valence-corrected chi connectivity index (χ3v) is 3.30. The van der Waals surface area contributed by atoms with Crippen molar-refractivity contribution in [2.45, 2.75) is 45.3 Å². The molecular weight excluding hydrogens is 221 g/mol. The lowest BCUT2D eigenvalue weighted by molar-refractivity contribution is -0.150. The van der Waals surface area contributed by atoms with Crippen LogP contribution in [0.15, 0.2) is 12.7 Å². The molecule has 1 rings (SSSR count). The van der Waals surface area contributed by atoms with E-state index in [2.05, 4.69) is 6.58 Å². The monoisotopic (exact) mass is 243 g/mol. The van der Waals surface area contributed by atoms with Crippen molar-refractivity contribution in [1.29, 1.82) is 0 Å². The number of rotatable bonds is 5. The van der Waals surface area contributed by atoms with Crippen LogP contribution in [0.4, 0.5) is 4.39 Å². The van der Waals surface area contributed by atoms with Crippen LogP contribution in [0, 0.1) is 5.92 Å². The lowest BCUT2D eigenvalue weighted by Crippen LogP contribution is -2.47. The van der Waals surface area contributed by atoms with Crippen molar-refractivity contribution >= 4 is 5.97 Å². The highest BCUT2D eigenvalue weighted by molar-refractivity contribution is 5.77. The Kier molecular flexibility index (Phi) is 5.12. The molecule has 0 bridgehead atoms. The van der Waals surface area contributed by atoms with Crippen LogP contribution in [0.25, 0.3) is 0 Å². The van der Waals surface area contributed by atoms with Crippen LogP contribution >= 0.6 is 0 Å². The van der Waals surface area contributed by atoms with Gasteiger partial charge in [0.25, 0.3) is 0 Å². The van der Waals surface area contributed by atoms with Crippen molar-refractivity contribution < 1.29 is 13.9 Å². The standard InChI is InChI=1S/C13H22FNO2/c1-5-10-7-11(8-14)15(9(3)4)12(10)13(16)17-6-2/h5,9-12H,1,6-8H2,2-4H3/t10-,11-,12-/m1/s1. The molecular formula is C13H22FNO2. The van der Waals surface area contributed by atoms with E-state index in [0.29, 0.717) is 13.0 Å². The van der Waals surface area contributed by atoms with E-state index in [1.165, 1.54) is 0 Å². The van der Waals surface area contributed by atoms with Gasteiger partial charge in [-0.2, -0.15) is 0 Å². The van der Waals surface area contributed by atoms with Crippen molar-refractivity contribution in [3.05, 3.63) is 12.7 Å². The molecule has 17 heavy (non-hydrogen) atoms. The van der Waals surface area contributed by atoms with E-state index in [9.17, 15) is 9.18 Å². The Morgan fingerprint density at radius 1 is 1.65 bits per heavy atom. The Morgan fingerprint density at radius 2 is 2.29 bits per heavy atom. The third-order valence-electron chi connectivity index (χ3n) is 3.30. The van der Waals surface area contributed by atoms with E-state index in [1.54, 1.807) is 13.0 Å². The number of likely N-dealkylation sites (tertiary alicyclic amines) is 1. The fraction of sp³-hybridized carbons (Fsp3) is 0.769. The molecule has 4 heteroatoms. The van der Waals surface area contributed by atoms with Crippen LogP contribution in [0.5, 0.6) is 0 Å². The van der Waals surface area contributed by atoms with E-state index in [0.717, 1.165) is 0 Å². The van der Waals surface area contributed by atoms with E-state index in [1.807, 2.05) is 18.7 Å². The van der Waals surface area contributed by atoms with Gasteiger partial charge in [-0.25, -0.2) is 4.39 Å². The number of hydrogen-bond donors (Lipinski definition) is 0. The Hall–Kier alpha value is -0.900. The molecule has 1 heterocycles. The Labute approximate surface area is 103 Å². The molecule has 1 saturated heterocycles. The van der Waals surface area contributed by atoms with Gasteiger partial charge in [-0.15, -0.1) is 6.58 Å². The van der Waals surface area contributed by atoms with Gasteiger partial charge in [0.1, 0.15) is 12.7 Å². The number of carbonyl (C=O) groups excluding carboxylic acids is 1. The minimum Gasteiger partial charge on any atom is -0.465 e. The minimum atomic E-state index is -0.432. The number of hydrogen-bond acceptors (Lipinski definition) is 3. The normalized spacial score (nSPS) is 29.6. The van der Waals surface area contributed by atoms with Gasteiger partial charge >= 0.3 is 5.97 Å². The molecule has 0 amide bonds. The van der Waals surface area contributed by atoms with E-state index < -0.39 is 6.67 Å². The number of halogens is 1. The lowest BCUT2D eigenvalue weighted by atomic mass is 9.99. The molecule has 3 nitrogen and oxygen atoms in total. The van der Waals surface area contributed by atoms with Crippen LogP contribution in [0.1, 0.15) is 27.2 Å². The van der Waals surface area contributed by atoms with E-state index >= 15 is 0 Å². The summed E-state index contributed by atoms with van der Waals surface area (Å²) in [5, 5.41) is 0. The SMILES string of the molecule is C=C[C@@H]1C[C@H](CF)N(C(C)C)[C@H]1C(=O)OCC. The molecule has 0 N–H and O–H groups in total. The molecule has 0 saturated carbocycles. The number of ether oxygens (including phenoxy) is 1. The summed E-state index contributed by atoms with van der Waals surface area (Å²) in [4.78, 5) is 13.9. The van der Waals surface area contributed by atoms with Crippen molar-refractivity contribution in [2.24, 2.45) is 5.92 Å². The first kappa shape index (κ1) is 14.2. The summed E-state index contributed by atoms with van der Waals surface area (Å²) < 4.78 is 18.1. The van der Waals surface area contributed by atoms with E-state index in [-0.39, 0.29) is 30.0 Å². The van der Waals surface area contributed by atoms with Crippen LogP contribution in [-0.4, -0.2) is 42.3 Å². The third kappa shape index (κ3) is 2.86. The summed E-state index contributed by atoms with van der Waals surface area (Å²) in [6, 6.07) is -0.462. The maximum atomic E-state index is 13.0. The van der Waals surface area contributed by atoms with Crippen LogP contribution < -0.4 is 0 Å². The van der Waals surface area contributed by atoms with Crippen molar-refractivity contribution in [3.63, 3.8) is 0 Å². The second-order valence-corrected chi connectivity index (χ2v) is 4.68. The molecule has 98 valence electrons. The zero-order valence-electron chi connectivity index (χ0n) is 10.9. The Morgan fingerprint density at radius 3 is 2.71 bits per heavy atom. The minimum absolute atomic E-state index is 0.0165. The molecule has 1 fully saturated rings. The zero-order valence-corrected chi connectivity index (χ0v) is 10.9. The molecule has 0 spiro atoms. The first-order valence-corrected chi connectivity index (χ1v) is 6.19. The van der Waals surface area contributed by atoms with E-state index in [4.69, 9.17) is 4.74 Å². The molecule has 0 aromatic heterocycles. The van der Waals surface area contributed by atoms with Gasteiger partial charge in [-0.3, -0.25) is 9.69 Å². The highest BCUT2D eigenvalue weighted by Crippen LogP contribution is 2.33. The average Bonchev–Trinajstić information content (AvgIpc) is 2.67. The van der Waals surface area contributed by atoms with Gasteiger partial charge < -0.3 is 4.74 Å². The fourth-order valence-corrected chi connectivity index (χ4v) is 2.65. The number of esters is 1. The molecule has 3 atom stereocenters. The van der Waals surface area contributed by atoms with Crippen LogP contribution in [0.3, 0.4) is 0 Å². The zero-order chi connectivity index (χ0) is 13.0. The maximum absolute atomic E-state index is 13.0. The number of alkyl halides is 1. The smallest absolute Gasteiger partial charge is 0.323 e. The summed E-state index contributed by atoms with van der Waals surface area (Å²) in [5.41, 5.74) is 0. The summed E-state index contributed by atoms with van der Waals surface area (Å²) >= 11 is 0. The van der Waals surface area contributed by atoms with Crippen molar-refractivity contribution in [3.8, 4) is 0 Å². The Bertz CT molecular complexity index is 281. The van der Waals surface area contributed by atoms with Gasteiger partial charge in [-0.05, 0) is 27.2 Å². The van der Waals surface area contributed by atoms with Gasteiger partial charge in [0, 0.05) is 18.0 Å². The van der Waals surface area contributed by atoms with Gasteiger partial charge in [-0.1, -0.05) is 6.08 Å². The predicted octanol–water partition coefficient (Wildman–Crippen LogP) is 2.17. The second kappa shape index (κ2) is 6.15. The fourth-order valence-electron chi connectivity index (χ4n) is 2.65. The average molecular weight is 243 g/mol.